The minimum Gasteiger partial charge on any atom is -0.360 e. The molecule has 4 bridgehead atoms. The van der Waals surface area contributed by atoms with E-state index >= 15 is 0 Å². The maximum absolute atomic E-state index is 11.4. The number of rotatable bonds is 0. The fraction of sp³-hybridized carbons (Fsp3) is 0.583. The molecule has 0 aliphatic carbocycles. The van der Waals surface area contributed by atoms with Gasteiger partial charge in [-0.15, -0.1) is 0 Å². The van der Waals surface area contributed by atoms with E-state index in [9.17, 15) is 4.79 Å². The quantitative estimate of drug-likeness (QED) is 0.443. The van der Waals surface area contributed by atoms with Crippen LogP contribution >= 0.6 is 0 Å². The standard InChI is InChI=1S/C12H19N3O.C12H19N3/c16-12-6-10-8-13-4-2-1-3-5-14-9-11(7-12)15-10;1-2-7-13-9-11-5-4-6-12(15-11)10-14-8-3-1/h6-7,13-14H,1-5,8-9H2,(H,15,16);4-6,13-14H,1-3,7-10H2. The Morgan fingerprint density at radius 3 is 1.55 bits per heavy atom. The molecule has 170 valence electrons. The molecule has 0 amide bonds. The molecule has 0 aromatic carbocycles. The number of aromatic nitrogens is 2. The summed E-state index contributed by atoms with van der Waals surface area (Å²) < 4.78 is 0. The molecule has 2 aliphatic rings. The summed E-state index contributed by atoms with van der Waals surface area (Å²) >= 11 is 0. The first-order chi connectivity index (χ1) is 15.3. The Balaban J connectivity index is 0.000000176. The summed E-state index contributed by atoms with van der Waals surface area (Å²) in [5, 5.41) is 13.6. The largest absolute Gasteiger partial charge is 0.360 e. The highest BCUT2D eigenvalue weighted by Crippen LogP contribution is 2.02. The van der Waals surface area contributed by atoms with Crippen molar-refractivity contribution in [1.82, 2.24) is 31.2 Å². The third-order valence-electron chi connectivity index (χ3n) is 5.48. The van der Waals surface area contributed by atoms with Crippen LogP contribution in [0.3, 0.4) is 0 Å². The Bertz CT molecular complexity index is 765. The maximum Gasteiger partial charge on any atom is 0.182 e. The SMILES string of the molecule is O=c1cc2[nH]c(c1)CNCCCCCNC2.c1cc2nc(c1)CNCCCCCNC2. The molecule has 2 aromatic rings. The summed E-state index contributed by atoms with van der Waals surface area (Å²) in [5.41, 5.74) is 4.34. The molecule has 5 N–H and O–H groups in total. The first kappa shape index (κ1) is 23.6. The smallest absolute Gasteiger partial charge is 0.182 e. The lowest BCUT2D eigenvalue weighted by Crippen LogP contribution is -2.22. The van der Waals surface area contributed by atoms with Crippen molar-refractivity contribution in [2.45, 2.75) is 64.7 Å². The lowest BCUT2D eigenvalue weighted by molar-refractivity contribution is 0.556. The fourth-order valence-corrected chi connectivity index (χ4v) is 3.81. The van der Waals surface area contributed by atoms with E-state index in [1.807, 2.05) is 0 Å². The molecule has 7 heteroatoms. The molecular formula is C24H38N6O. The summed E-state index contributed by atoms with van der Waals surface area (Å²) in [7, 11) is 0. The van der Waals surface area contributed by atoms with E-state index in [2.05, 4.69) is 49.4 Å². The number of H-pyrrole nitrogens is 1. The van der Waals surface area contributed by atoms with Gasteiger partial charge in [-0.25, -0.2) is 0 Å². The maximum atomic E-state index is 11.4. The lowest BCUT2D eigenvalue weighted by atomic mass is 10.2. The molecule has 4 heterocycles. The molecule has 2 aromatic heterocycles. The highest BCUT2D eigenvalue weighted by Gasteiger charge is 2.02. The third kappa shape index (κ3) is 9.74. The molecular weight excluding hydrogens is 388 g/mol. The van der Waals surface area contributed by atoms with Gasteiger partial charge in [0.05, 0.1) is 11.4 Å². The Morgan fingerprint density at radius 2 is 1.06 bits per heavy atom. The summed E-state index contributed by atoms with van der Waals surface area (Å²) in [6.45, 7) is 7.55. The van der Waals surface area contributed by atoms with Gasteiger partial charge in [-0.3, -0.25) is 9.78 Å². The van der Waals surface area contributed by atoms with Gasteiger partial charge < -0.3 is 26.3 Å². The van der Waals surface area contributed by atoms with Gasteiger partial charge in [-0.1, -0.05) is 18.9 Å². The van der Waals surface area contributed by atoms with Gasteiger partial charge in [0.15, 0.2) is 5.43 Å². The van der Waals surface area contributed by atoms with Gasteiger partial charge in [0.25, 0.3) is 0 Å². The van der Waals surface area contributed by atoms with Crippen LogP contribution < -0.4 is 26.7 Å². The average molecular weight is 427 g/mol. The van der Waals surface area contributed by atoms with Crippen molar-refractivity contribution in [3.8, 4) is 0 Å². The van der Waals surface area contributed by atoms with Crippen molar-refractivity contribution in [3.63, 3.8) is 0 Å². The van der Waals surface area contributed by atoms with Gasteiger partial charge in [0, 0.05) is 49.7 Å². The van der Waals surface area contributed by atoms with Crippen molar-refractivity contribution in [1.29, 1.82) is 0 Å². The van der Waals surface area contributed by atoms with Crippen LogP contribution in [-0.4, -0.2) is 36.1 Å². The highest BCUT2D eigenvalue weighted by atomic mass is 16.1. The predicted octanol–water partition coefficient (Wildman–Crippen LogP) is 2.18. The Hall–Kier alpha value is -2.06. The monoisotopic (exact) mass is 426 g/mol. The number of hydrogen-bond donors (Lipinski definition) is 5. The van der Waals surface area contributed by atoms with Crippen LogP contribution in [0.5, 0.6) is 0 Å². The zero-order valence-electron chi connectivity index (χ0n) is 18.6. The van der Waals surface area contributed by atoms with Gasteiger partial charge in [0.1, 0.15) is 0 Å². The Morgan fingerprint density at radius 1 is 0.613 bits per heavy atom. The van der Waals surface area contributed by atoms with Gasteiger partial charge in [-0.2, -0.15) is 0 Å². The minimum atomic E-state index is 0.0874. The van der Waals surface area contributed by atoms with Gasteiger partial charge >= 0.3 is 0 Å². The van der Waals surface area contributed by atoms with E-state index in [4.69, 9.17) is 0 Å². The van der Waals surface area contributed by atoms with Crippen LogP contribution in [0.2, 0.25) is 0 Å². The van der Waals surface area contributed by atoms with Crippen molar-refractivity contribution in [2.75, 3.05) is 26.2 Å². The zero-order valence-corrected chi connectivity index (χ0v) is 18.6. The van der Waals surface area contributed by atoms with E-state index in [1.165, 1.54) is 38.5 Å². The minimum absolute atomic E-state index is 0.0874. The zero-order chi connectivity index (χ0) is 21.6. The lowest BCUT2D eigenvalue weighted by Gasteiger charge is -2.11. The van der Waals surface area contributed by atoms with Gasteiger partial charge in [0.2, 0.25) is 0 Å². The molecule has 7 nitrogen and oxygen atoms in total. The second-order valence-electron chi connectivity index (χ2n) is 8.32. The number of aromatic amines is 1. The highest BCUT2D eigenvalue weighted by molar-refractivity contribution is 5.12. The molecule has 0 unspecified atom stereocenters. The second-order valence-corrected chi connectivity index (χ2v) is 8.32. The van der Waals surface area contributed by atoms with Crippen molar-refractivity contribution in [2.24, 2.45) is 0 Å². The topological polar surface area (TPSA) is 93.9 Å². The molecule has 0 atom stereocenters. The number of fused-ring (bicyclic) bond motifs is 4. The van der Waals surface area contributed by atoms with Crippen molar-refractivity contribution < 1.29 is 0 Å². The number of nitrogens with one attached hydrogen (secondary N) is 5. The first-order valence-corrected chi connectivity index (χ1v) is 11.8. The van der Waals surface area contributed by atoms with Crippen molar-refractivity contribution >= 4 is 0 Å². The van der Waals surface area contributed by atoms with E-state index in [1.54, 1.807) is 12.1 Å². The van der Waals surface area contributed by atoms with Crippen LogP contribution in [0.4, 0.5) is 0 Å². The molecule has 2 aliphatic heterocycles. The van der Waals surface area contributed by atoms with Crippen LogP contribution in [0.1, 0.15) is 61.3 Å². The van der Waals surface area contributed by atoms with E-state index in [-0.39, 0.29) is 5.43 Å². The van der Waals surface area contributed by atoms with Crippen LogP contribution in [0.15, 0.2) is 35.1 Å². The molecule has 4 rings (SSSR count). The number of hydrogen-bond acceptors (Lipinski definition) is 6. The molecule has 31 heavy (non-hydrogen) atoms. The fourth-order valence-electron chi connectivity index (χ4n) is 3.81. The Labute approximate surface area is 185 Å². The summed E-state index contributed by atoms with van der Waals surface area (Å²) in [5.74, 6) is 0. The molecule has 0 saturated heterocycles. The van der Waals surface area contributed by atoms with E-state index in [0.29, 0.717) is 0 Å². The summed E-state index contributed by atoms with van der Waals surface area (Å²) in [4.78, 5) is 19.3. The average Bonchev–Trinajstić information content (AvgIpc) is 2.75. The Kier molecular flexibility index (Phi) is 10.7. The van der Waals surface area contributed by atoms with E-state index < -0.39 is 0 Å². The normalized spacial score (nSPS) is 18.7. The van der Waals surface area contributed by atoms with Crippen LogP contribution in [0, 0.1) is 0 Å². The molecule has 0 saturated carbocycles. The van der Waals surface area contributed by atoms with Crippen LogP contribution in [-0.2, 0) is 26.2 Å². The van der Waals surface area contributed by atoms with Gasteiger partial charge in [-0.05, 0) is 64.0 Å². The van der Waals surface area contributed by atoms with Crippen molar-refractivity contribution in [3.05, 3.63) is 63.3 Å². The predicted molar refractivity (Wildman–Crippen MR) is 126 cm³/mol. The second kappa shape index (κ2) is 14.1. The summed E-state index contributed by atoms with van der Waals surface area (Å²) in [6, 6.07) is 9.60. The number of pyridine rings is 2. The first-order valence-electron chi connectivity index (χ1n) is 11.8. The molecule has 0 spiro atoms. The molecule has 0 radical (unpaired) electrons. The molecule has 0 fully saturated rings. The summed E-state index contributed by atoms with van der Waals surface area (Å²) in [6.07, 6.45) is 7.49. The third-order valence-corrected chi connectivity index (χ3v) is 5.48. The number of nitrogens with zero attached hydrogens (tertiary/aromatic N) is 1. The van der Waals surface area contributed by atoms with E-state index in [0.717, 1.165) is 75.1 Å². The van der Waals surface area contributed by atoms with Crippen LogP contribution in [0.25, 0.3) is 0 Å².